The van der Waals surface area contributed by atoms with Gasteiger partial charge in [0.25, 0.3) is 0 Å². The van der Waals surface area contributed by atoms with Crippen molar-refractivity contribution in [1.29, 1.82) is 0 Å². The summed E-state index contributed by atoms with van der Waals surface area (Å²) in [7, 11) is 3.13. The number of methoxy groups -OCH3 is 2. The Morgan fingerprint density at radius 1 is 0.732 bits per heavy atom. The summed E-state index contributed by atoms with van der Waals surface area (Å²) in [5.41, 5.74) is 9.16. The lowest BCUT2D eigenvalue weighted by molar-refractivity contribution is 0.284. The van der Waals surface area contributed by atoms with E-state index in [-0.39, 0.29) is 5.84 Å². The Kier molecular flexibility index (Phi) is 12.8. The lowest BCUT2D eigenvalue weighted by Crippen LogP contribution is -2.15. The second-order valence-electron chi connectivity index (χ2n) is 8.29. The lowest BCUT2D eigenvalue weighted by Gasteiger charge is -2.13. The zero-order chi connectivity index (χ0) is 29.6. The topological polar surface area (TPSA) is 128 Å². The Labute approximate surface area is 265 Å². The molecular weight excluding hydrogens is 752 g/mol. The third-order valence-corrected chi connectivity index (χ3v) is 7.42. The summed E-state index contributed by atoms with van der Waals surface area (Å²) in [5.74, 6) is 2.45. The van der Waals surface area contributed by atoms with Crippen LogP contribution in [0.5, 0.6) is 23.0 Å². The molecule has 0 atom stereocenters. The van der Waals surface area contributed by atoms with Crippen LogP contribution in [0, 0.1) is 7.14 Å². The molecular formula is C30H29I2N3O6. The van der Waals surface area contributed by atoms with E-state index in [4.69, 9.17) is 35.1 Å². The number of rotatable bonds is 10. The van der Waals surface area contributed by atoms with Gasteiger partial charge in [-0.05, 0) is 80.6 Å². The number of halogens is 2. The molecule has 0 heterocycles. The standard InChI is InChI=1S/C15H15IN2O3.C15H14INO3/c1-20-13-7-11(15(17)18-19)12(16)8-14(13)21-9-10-5-3-2-4-6-10;1-19-14-7-12(9-17-18)13(16)8-15(14)20-10-11-5-3-2-4-6-11/h2-8,19H,9H2,1H3,(H2,17,18);2-9,18H,10H2,1H3. The van der Waals surface area contributed by atoms with Crippen molar-refractivity contribution in [3.8, 4) is 23.0 Å². The molecule has 0 saturated heterocycles. The van der Waals surface area contributed by atoms with Gasteiger partial charge in [0.1, 0.15) is 13.2 Å². The van der Waals surface area contributed by atoms with E-state index in [1.54, 1.807) is 32.4 Å². The predicted molar refractivity (Wildman–Crippen MR) is 175 cm³/mol. The van der Waals surface area contributed by atoms with E-state index < -0.39 is 0 Å². The van der Waals surface area contributed by atoms with Gasteiger partial charge in [-0.1, -0.05) is 71.0 Å². The first kappa shape index (κ1) is 31.8. The Morgan fingerprint density at radius 2 is 1.22 bits per heavy atom. The largest absolute Gasteiger partial charge is 0.493 e. The molecule has 0 aromatic heterocycles. The number of nitrogens with zero attached hydrogens (tertiary/aromatic N) is 2. The van der Waals surface area contributed by atoms with Crippen LogP contribution in [0.3, 0.4) is 0 Å². The molecule has 4 aromatic carbocycles. The average molecular weight is 781 g/mol. The molecule has 0 spiro atoms. The van der Waals surface area contributed by atoms with Gasteiger partial charge < -0.3 is 35.1 Å². The Morgan fingerprint density at radius 3 is 1.68 bits per heavy atom. The molecule has 214 valence electrons. The summed E-state index contributed by atoms with van der Waals surface area (Å²) in [5, 5.41) is 23.5. The molecule has 0 unspecified atom stereocenters. The maximum Gasteiger partial charge on any atom is 0.171 e. The Bertz CT molecular complexity index is 1470. The first-order valence-electron chi connectivity index (χ1n) is 12.1. The van der Waals surface area contributed by atoms with E-state index in [0.717, 1.165) is 23.8 Å². The van der Waals surface area contributed by atoms with Gasteiger partial charge in [-0.3, -0.25) is 0 Å². The first-order valence-corrected chi connectivity index (χ1v) is 14.3. The van der Waals surface area contributed by atoms with Crippen LogP contribution in [0.4, 0.5) is 0 Å². The van der Waals surface area contributed by atoms with Gasteiger partial charge >= 0.3 is 0 Å². The van der Waals surface area contributed by atoms with Gasteiger partial charge in [0.15, 0.2) is 28.8 Å². The highest BCUT2D eigenvalue weighted by Crippen LogP contribution is 2.33. The van der Waals surface area contributed by atoms with Crippen LogP contribution < -0.4 is 24.7 Å². The van der Waals surface area contributed by atoms with Gasteiger partial charge in [-0.2, -0.15) is 0 Å². The normalized spacial score (nSPS) is 11.0. The molecule has 0 aliphatic rings. The van der Waals surface area contributed by atoms with Crippen molar-refractivity contribution in [2.45, 2.75) is 13.2 Å². The number of hydrogen-bond donors (Lipinski definition) is 3. The highest BCUT2D eigenvalue weighted by atomic mass is 127. The second kappa shape index (κ2) is 16.5. The van der Waals surface area contributed by atoms with E-state index in [9.17, 15) is 0 Å². The van der Waals surface area contributed by atoms with Crippen LogP contribution >= 0.6 is 45.2 Å². The summed E-state index contributed by atoms with van der Waals surface area (Å²) in [6.45, 7) is 0.914. The van der Waals surface area contributed by atoms with E-state index in [1.807, 2.05) is 66.7 Å². The van der Waals surface area contributed by atoms with Crippen LogP contribution in [-0.4, -0.2) is 36.7 Å². The second-order valence-corrected chi connectivity index (χ2v) is 10.6. The molecule has 0 radical (unpaired) electrons. The fourth-order valence-electron chi connectivity index (χ4n) is 3.51. The van der Waals surface area contributed by atoms with Crippen molar-refractivity contribution in [3.05, 3.63) is 114 Å². The van der Waals surface area contributed by atoms with Gasteiger partial charge in [-0.25, -0.2) is 0 Å². The number of amidine groups is 1. The molecule has 0 bridgehead atoms. The molecule has 0 aliphatic carbocycles. The van der Waals surface area contributed by atoms with Crippen LogP contribution in [0.25, 0.3) is 0 Å². The van der Waals surface area contributed by atoms with Crippen molar-refractivity contribution in [2.24, 2.45) is 16.0 Å². The minimum Gasteiger partial charge on any atom is -0.493 e. The minimum atomic E-state index is 0.0345. The van der Waals surface area contributed by atoms with Crippen molar-refractivity contribution < 1.29 is 29.4 Å². The van der Waals surface area contributed by atoms with Crippen molar-refractivity contribution in [2.75, 3.05) is 14.2 Å². The summed E-state index contributed by atoms with van der Waals surface area (Å²) in [6.07, 6.45) is 1.37. The molecule has 0 saturated carbocycles. The zero-order valence-electron chi connectivity index (χ0n) is 22.3. The van der Waals surface area contributed by atoms with Crippen molar-refractivity contribution in [1.82, 2.24) is 0 Å². The van der Waals surface area contributed by atoms with Crippen molar-refractivity contribution in [3.63, 3.8) is 0 Å². The van der Waals surface area contributed by atoms with Crippen LogP contribution in [0.2, 0.25) is 0 Å². The Balaban J connectivity index is 0.000000226. The van der Waals surface area contributed by atoms with E-state index >= 15 is 0 Å². The molecule has 0 aliphatic heterocycles. The lowest BCUT2D eigenvalue weighted by atomic mass is 10.2. The zero-order valence-corrected chi connectivity index (χ0v) is 26.6. The maximum atomic E-state index is 8.79. The monoisotopic (exact) mass is 781 g/mol. The van der Waals surface area contributed by atoms with Crippen LogP contribution in [-0.2, 0) is 13.2 Å². The van der Waals surface area contributed by atoms with Gasteiger partial charge in [-0.15, -0.1) is 0 Å². The van der Waals surface area contributed by atoms with Crippen LogP contribution in [0.15, 0.2) is 95.2 Å². The van der Waals surface area contributed by atoms with Gasteiger partial charge in [0.05, 0.1) is 20.4 Å². The number of benzene rings is 4. The molecule has 41 heavy (non-hydrogen) atoms. The number of nitrogens with two attached hydrogens (primary N) is 1. The third-order valence-electron chi connectivity index (χ3n) is 5.59. The highest BCUT2D eigenvalue weighted by Gasteiger charge is 2.13. The van der Waals surface area contributed by atoms with Gasteiger partial charge in [0, 0.05) is 18.3 Å². The average Bonchev–Trinajstić information content (AvgIpc) is 3.01. The smallest absolute Gasteiger partial charge is 0.171 e. The molecule has 0 amide bonds. The molecule has 4 aromatic rings. The number of ether oxygens (including phenoxy) is 4. The summed E-state index contributed by atoms with van der Waals surface area (Å²) < 4.78 is 23.9. The van der Waals surface area contributed by atoms with E-state index in [2.05, 4.69) is 55.5 Å². The number of oxime groups is 2. The molecule has 4 rings (SSSR count). The first-order chi connectivity index (χ1) is 19.9. The summed E-state index contributed by atoms with van der Waals surface area (Å²) in [4.78, 5) is 0. The third kappa shape index (κ3) is 9.42. The maximum absolute atomic E-state index is 8.79. The van der Waals surface area contributed by atoms with Crippen LogP contribution in [0.1, 0.15) is 22.3 Å². The summed E-state index contributed by atoms with van der Waals surface area (Å²) >= 11 is 4.26. The molecule has 9 nitrogen and oxygen atoms in total. The Hall–Kier alpha value is -3.72. The number of hydrogen-bond acceptors (Lipinski definition) is 8. The van der Waals surface area contributed by atoms with Crippen molar-refractivity contribution >= 4 is 57.2 Å². The highest BCUT2D eigenvalue weighted by molar-refractivity contribution is 14.1. The SMILES string of the molecule is COc1cc(C(N)=NO)c(I)cc1OCc1ccccc1.COc1cc(C=NO)c(I)cc1OCc1ccccc1. The van der Waals surface area contributed by atoms with Gasteiger partial charge in [0.2, 0.25) is 0 Å². The molecule has 0 fully saturated rings. The minimum absolute atomic E-state index is 0.0345. The van der Waals surface area contributed by atoms with E-state index in [0.29, 0.717) is 41.8 Å². The quantitative estimate of drug-likeness (QED) is 0.0540. The predicted octanol–water partition coefficient (Wildman–Crippen LogP) is 6.66. The summed E-state index contributed by atoms with van der Waals surface area (Å²) in [6, 6.07) is 26.9. The molecule has 11 heteroatoms. The fourth-order valence-corrected chi connectivity index (χ4v) is 4.81. The van der Waals surface area contributed by atoms with E-state index in [1.165, 1.54) is 6.21 Å². The molecule has 4 N–H and O–H groups in total. The fraction of sp³-hybridized carbons (Fsp3) is 0.133.